The van der Waals surface area contributed by atoms with Gasteiger partial charge < -0.3 is 4.74 Å². The molecule has 0 unspecified atom stereocenters. The highest BCUT2D eigenvalue weighted by Gasteiger charge is 2.38. The number of carbonyl (C=O) groups excluding carboxylic acids is 4. The van der Waals surface area contributed by atoms with Gasteiger partial charge in [-0.2, -0.15) is 0 Å². The summed E-state index contributed by atoms with van der Waals surface area (Å²) in [5.74, 6) is -2.34. The number of hydrogen-bond donors (Lipinski definition) is 0. The highest BCUT2D eigenvalue weighted by Crippen LogP contribution is 2.35. The van der Waals surface area contributed by atoms with Crippen LogP contribution < -0.4 is 4.90 Å². The van der Waals surface area contributed by atoms with Crippen molar-refractivity contribution in [2.24, 2.45) is 0 Å². The fourth-order valence-electron chi connectivity index (χ4n) is 3.36. The third-order valence-corrected chi connectivity index (χ3v) is 6.09. The van der Waals surface area contributed by atoms with Gasteiger partial charge in [0.1, 0.15) is 0 Å². The van der Waals surface area contributed by atoms with Gasteiger partial charge in [0, 0.05) is 10.6 Å². The average Bonchev–Trinajstić information content (AvgIpc) is 3.02. The first kappa shape index (κ1) is 23.0. The molecule has 0 aliphatic carbocycles. The Balaban J connectivity index is 1.56. The van der Waals surface area contributed by atoms with Crippen molar-refractivity contribution in [1.29, 1.82) is 0 Å². The van der Waals surface area contributed by atoms with Crippen LogP contribution in [0, 0.1) is 6.92 Å². The summed E-state index contributed by atoms with van der Waals surface area (Å²) >= 11 is 17.8. The molecule has 2 amide bonds. The molecule has 0 bridgehead atoms. The van der Waals surface area contributed by atoms with Gasteiger partial charge >= 0.3 is 5.97 Å². The lowest BCUT2D eigenvalue weighted by Gasteiger charge is -2.17. The van der Waals surface area contributed by atoms with E-state index in [1.54, 1.807) is 25.1 Å². The Morgan fingerprint density at radius 1 is 0.818 bits per heavy atom. The van der Waals surface area contributed by atoms with Crippen molar-refractivity contribution < 1.29 is 23.9 Å². The fourth-order valence-corrected chi connectivity index (χ4v) is 3.82. The molecule has 0 atom stereocenters. The zero-order valence-electron chi connectivity index (χ0n) is 17.0. The molecule has 0 radical (unpaired) electrons. The molecular weight excluding hydrogens is 489 g/mol. The van der Waals surface area contributed by atoms with E-state index in [0.717, 1.165) is 4.90 Å². The Kier molecular flexibility index (Phi) is 6.26. The minimum atomic E-state index is -0.777. The molecule has 33 heavy (non-hydrogen) atoms. The third-order valence-electron chi connectivity index (χ3n) is 5.11. The molecule has 3 aromatic carbocycles. The second-order valence-corrected chi connectivity index (χ2v) is 8.52. The number of Topliss-reactive ketones (excluding diaryl/α,β-unsaturated/α-hetero) is 1. The maximum atomic E-state index is 12.9. The normalized spacial score (nSPS) is 12.7. The maximum absolute atomic E-state index is 12.9. The fraction of sp³-hybridized carbons (Fsp3) is 0.0833. The number of ether oxygens (including phenoxy) is 1. The highest BCUT2D eigenvalue weighted by molar-refractivity contribution is 6.44. The topological polar surface area (TPSA) is 80.8 Å². The number of nitrogens with zero attached hydrogens (tertiary/aromatic N) is 1. The Morgan fingerprint density at radius 2 is 1.36 bits per heavy atom. The third kappa shape index (κ3) is 4.37. The lowest BCUT2D eigenvalue weighted by atomic mass is 10.1. The standard InChI is InChI=1S/C24H14Cl3NO5/c1-12-2-3-14(24(32)33-11-21(29)13-4-6-15(25)7-5-13)8-20(12)28-22(30)16-9-18(26)19(27)10-17(16)23(28)31/h2-10H,11H2,1H3. The number of carbonyl (C=O) groups is 4. The van der Waals surface area contributed by atoms with E-state index >= 15 is 0 Å². The van der Waals surface area contributed by atoms with Crippen LogP contribution in [0.2, 0.25) is 15.1 Å². The number of aryl methyl sites for hydroxylation is 1. The van der Waals surface area contributed by atoms with E-state index in [-0.39, 0.29) is 32.4 Å². The van der Waals surface area contributed by atoms with Crippen molar-refractivity contribution in [3.63, 3.8) is 0 Å². The quantitative estimate of drug-likeness (QED) is 0.250. The minimum absolute atomic E-state index is 0.0760. The number of anilines is 1. The molecule has 0 spiro atoms. The molecule has 4 rings (SSSR count). The second kappa shape index (κ2) is 8.98. The SMILES string of the molecule is Cc1ccc(C(=O)OCC(=O)c2ccc(Cl)cc2)cc1N1C(=O)c2cc(Cl)c(Cl)cc2C1=O. The number of fused-ring (bicyclic) bond motifs is 1. The summed E-state index contributed by atoms with van der Waals surface area (Å²) in [6.45, 7) is 1.21. The summed E-state index contributed by atoms with van der Waals surface area (Å²) < 4.78 is 5.13. The van der Waals surface area contributed by atoms with Gasteiger partial charge in [0.15, 0.2) is 12.4 Å². The molecule has 0 fully saturated rings. The summed E-state index contributed by atoms with van der Waals surface area (Å²) in [6.07, 6.45) is 0. The van der Waals surface area contributed by atoms with Crippen molar-refractivity contribution in [3.8, 4) is 0 Å². The Bertz CT molecular complexity index is 1290. The first-order valence-corrected chi connectivity index (χ1v) is 10.7. The van der Waals surface area contributed by atoms with E-state index in [0.29, 0.717) is 16.1 Å². The van der Waals surface area contributed by atoms with Gasteiger partial charge in [0.25, 0.3) is 11.8 Å². The number of hydrogen-bond acceptors (Lipinski definition) is 5. The lowest BCUT2D eigenvalue weighted by molar-refractivity contribution is 0.0474. The van der Waals surface area contributed by atoms with Crippen LogP contribution in [-0.4, -0.2) is 30.2 Å². The molecule has 3 aromatic rings. The first-order chi connectivity index (χ1) is 15.7. The zero-order chi connectivity index (χ0) is 23.9. The Morgan fingerprint density at radius 3 is 1.94 bits per heavy atom. The molecule has 0 saturated carbocycles. The van der Waals surface area contributed by atoms with Crippen molar-refractivity contribution in [1.82, 2.24) is 0 Å². The highest BCUT2D eigenvalue weighted by atomic mass is 35.5. The van der Waals surface area contributed by atoms with E-state index in [1.807, 2.05) is 0 Å². The van der Waals surface area contributed by atoms with Gasteiger partial charge in [0.05, 0.1) is 32.4 Å². The summed E-state index contributed by atoms with van der Waals surface area (Å²) in [6, 6.07) is 13.3. The van der Waals surface area contributed by atoms with Gasteiger partial charge in [-0.05, 0) is 61.0 Å². The molecule has 1 heterocycles. The average molecular weight is 503 g/mol. The van der Waals surface area contributed by atoms with Crippen molar-refractivity contribution in [2.45, 2.75) is 6.92 Å². The van der Waals surface area contributed by atoms with Crippen LogP contribution >= 0.6 is 34.8 Å². The van der Waals surface area contributed by atoms with Gasteiger partial charge in [-0.1, -0.05) is 40.9 Å². The first-order valence-electron chi connectivity index (χ1n) is 9.61. The van der Waals surface area contributed by atoms with Crippen molar-refractivity contribution in [3.05, 3.63) is 97.5 Å². The largest absolute Gasteiger partial charge is 0.454 e. The number of benzene rings is 3. The number of esters is 1. The predicted molar refractivity (Wildman–Crippen MR) is 125 cm³/mol. The maximum Gasteiger partial charge on any atom is 0.338 e. The lowest BCUT2D eigenvalue weighted by Crippen LogP contribution is -2.30. The van der Waals surface area contributed by atoms with Crippen LogP contribution in [-0.2, 0) is 4.74 Å². The van der Waals surface area contributed by atoms with E-state index < -0.39 is 30.2 Å². The van der Waals surface area contributed by atoms with Gasteiger partial charge in [-0.15, -0.1) is 0 Å². The number of amides is 2. The van der Waals surface area contributed by atoms with Crippen LogP contribution in [0.4, 0.5) is 5.69 Å². The predicted octanol–water partition coefficient (Wildman–Crippen LogP) is 5.80. The molecule has 1 aliphatic heterocycles. The van der Waals surface area contributed by atoms with E-state index in [2.05, 4.69) is 0 Å². The molecule has 0 N–H and O–H groups in total. The minimum Gasteiger partial charge on any atom is -0.454 e. The molecule has 6 nitrogen and oxygen atoms in total. The Labute approximate surface area is 203 Å². The summed E-state index contributed by atoms with van der Waals surface area (Å²) in [4.78, 5) is 51.6. The monoisotopic (exact) mass is 501 g/mol. The van der Waals surface area contributed by atoms with Crippen LogP contribution in [0.15, 0.2) is 54.6 Å². The van der Waals surface area contributed by atoms with Crippen molar-refractivity contribution in [2.75, 3.05) is 11.5 Å². The molecule has 9 heteroatoms. The van der Waals surface area contributed by atoms with E-state index in [1.165, 1.54) is 36.4 Å². The molecule has 0 saturated heterocycles. The van der Waals surface area contributed by atoms with Gasteiger partial charge in [-0.3, -0.25) is 14.4 Å². The van der Waals surface area contributed by atoms with E-state index in [4.69, 9.17) is 39.5 Å². The summed E-state index contributed by atoms with van der Waals surface area (Å²) in [7, 11) is 0. The van der Waals surface area contributed by atoms with Gasteiger partial charge in [-0.25, -0.2) is 9.69 Å². The van der Waals surface area contributed by atoms with Crippen LogP contribution in [0.1, 0.15) is 47.0 Å². The van der Waals surface area contributed by atoms with Crippen LogP contribution in [0.5, 0.6) is 0 Å². The summed E-state index contributed by atoms with van der Waals surface area (Å²) in [5.41, 5.74) is 1.46. The molecule has 1 aliphatic rings. The molecule has 0 aromatic heterocycles. The van der Waals surface area contributed by atoms with Crippen molar-refractivity contribution >= 4 is 64.1 Å². The number of rotatable bonds is 5. The second-order valence-electron chi connectivity index (χ2n) is 7.27. The van der Waals surface area contributed by atoms with Crippen LogP contribution in [0.3, 0.4) is 0 Å². The number of halogens is 3. The molecule has 166 valence electrons. The molecular formula is C24H14Cl3NO5. The Hall–Kier alpha value is -3.19. The zero-order valence-corrected chi connectivity index (χ0v) is 19.3. The number of ketones is 1. The van der Waals surface area contributed by atoms with E-state index in [9.17, 15) is 19.2 Å². The summed E-state index contributed by atoms with van der Waals surface area (Å²) in [5, 5.41) is 0.782. The van der Waals surface area contributed by atoms with Crippen LogP contribution in [0.25, 0.3) is 0 Å². The van der Waals surface area contributed by atoms with Gasteiger partial charge in [0.2, 0.25) is 0 Å². The number of imide groups is 1. The smallest absolute Gasteiger partial charge is 0.338 e.